The van der Waals surface area contributed by atoms with E-state index in [1.54, 1.807) is 0 Å². The SMILES string of the molecule is CC1(C)CCN(c2ccc(Cl)cc2)CCCN1. The zero-order valence-electron chi connectivity index (χ0n) is 10.7. The average molecular weight is 253 g/mol. The van der Waals surface area contributed by atoms with Gasteiger partial charge in [0.05, 0.1) is 0 Å². The summed E-state index contributed by atoms with van der Waals surface area (Å²) >= 11 is 5.93. The number of nitrogens with zero attached hydrogens (tertiary/aromatic N) is 1. The Morgan fingerprint density at radius 3 is 2.59 bits per heavy atom. The molecule has 3 heteroatoms. The predicted molar refractivity (Wildman–Crippen MR) is 75.0 cm³/mol. The van der Waals surface area contributed by atoms with E-state index in [2.05, 4.69) is 36.2 Å². The Bertz CT molecular complexity index is 359. The van der Waals surface area contributed by atoms with Crippen molar-refractivity contribution in [2.75, 3.05) is 24.5 Å². The van der Waals surface area contributed by atoms with Gasteiger partial charge in [0.15, 0.2) is 0 Å². The number of rotatable bonds is 1. The highest BCUT2D eigenvalue weighted by Crippen LogP contribution is 2.21. The maximum Gasteiger partial charge on any atom is 0.0407 e. The second kappa shape index (κ2) is 5.28. The quantitative estimate of drug-likeness (QED) is 0.825. The van der Waals surface area contributed by atoms with Crippen LogP contribution in [0.4, 0.5) is 5.69 Å². The van der Waals surface area contributed by atoms with Crippen molar-refractivity contribution >= 4 is 17.3 Å². The zero-order chi connectivity index (χ0) is 12.3. The molecule has 2 nitrogen and oxygen atoms in total. The third-order valence-electron chi connectivity index (χ3n) is 3.41. The summed E-state index contributed by atoms with van der Waals surface area (Å²) in [6.07, 6.45) is 2.35. The van der Waals surface area contributed by atoms with Gasteiger partial charge in [-0.05, 0) is 57.5 Å². The molecule has 0 spiro atoms. The minimum absolute atomic E-state index is 0.241. The zero-order valence-corrected chi connectivity index (χ0v) is 11.4. The fourth-order valence-electron chi connectivity index (χ4n) is 2.22. The van der Waals surface area contributed by atoms with Gasteiger partial charge in [0.25, 0.3) is 0 Å². The van der Waals surface area contributed by atoms with Gasteiger partial charge in [0.1, 0.15) is 0 Å². The van der Waals surface area contributed by atoms with Gasteiger partial charge in [-0.25, -0.2) is 0 Å². The molecule has 0 radical (unpaired) electrons. The number of anilines is 1. The number of halogens is 1. The van der Waals surface area contributed by atoms with Crippen LogP contribution >= 0.6 is 11.6 Å². The first-order chi connectivity index (χ1) is 8.07. The Morgan fingerprint density at radius 2 is 1.88 bits per heavy atom. The molecule has 2 rings (SSSR count). The molecule has 1 aliphatic heterocycles. The van der Waals surface area contributed by atoms with Crippen molar-refractivity contribution in [3.05, 3.63) is 29.3 Å². The summed E-state index contributed by atoms with van der Waals surface area (Å²) in [5, 5.41) is 4.40. The van der Waals surface area contributed by atoms with E-state index >= 15 is 0 Å². The number of nitrogens with one attached hydrogen (secondary N) is 1. The van der Waals surface area contributed by atoms with Crippen molar-refractivity contribution in [3.8, 4) is 0 Å². The Balaban J connectivity index is 2.07. The maximum absolute atomic E-state index is 5.93. The van der Waals surface area contributed by atoms with E-state index in [1.165, 1.54) is 12.1 Å². The minimum atomic E-state index is 0.241. The summed E-state index contributed by atoms with van der Waals surface area (Å²) in [7, 11) is 0. The molecular formula is C14H21ClN2. The molecule has 1 aromatic rings. The molecule has 0 amide bonds. The van der Waals surface area contributed by atoms with Gasteiger partial charge >= 0.3 is 0 Å². The number of hydrogen-bond donors (Lipinski definition) is 1. The van der Waals surface area contributed by atoms with Crippen molar-refractivity contribution in [3.63, 3.8) is 0 Å². The highest BCUT2D eigenvalue weighted by Gasteiger charge is 2.20. The van der Waals surface area contributed by atoms with E-state index in [0.29, 0.717) is 0 Å². The molecular weight excluding hydrogens is 232 g/mol. The van der Waals surface area contributed by atoms with Crippen molar-refractivity contribution in [1.82, 2.24) is 5.32 Å². The third kappa shape index (κ3) is 3.62. The van der Waals surface area contributed by atoms with Crippen LogP contribution in [0.2, 0.25) is 5.02 Å². The molecule has 0 atom stereocenters. The largest absolute Gasteiger partial charge is 0.371 e. The Morgan fingerprint density at radius 1 is 1.18 bits per heavy atom. The van der Waals surface area contributed by atoms with Crippen LogP contribution in [-0.4, -0.2) is 25.2 Å². The van der Waals surface area contributed by atoms with Gasteiger partial charge < -0.3 is 10.2 Å². The van der Waals surface area contributed by atoms with E-state index in [9.17, 15) is 0 Å². The molecule has 0 unspecified atom stereocenters. The molecule has 1 saturated heterocycles. The highest BCUT2D eigenvalue weighted by atomic mass is 35.5. The molecule has 94 valence electrons. The van der Waals surface area contributed by atoms with Crippen molar-refractivity contribution in [2.24, 2.45) is 0 Å². The smallest absolute Gasteiger partial charge is 0.0407 e. The first kappa shape index (κ1) is 12.7. The molecule has 0 aromatic heterocycles. The third-order valence-corrected chi connectivity index (χ3v) is 3.66. The van der Waals surface area contributed by atoms with Crippen LogP contribution in [0, 0.1) is 0 Å². The lowest BCUT2D eigenvalue weighted by Gasteiger charge is -2.35. The first-order valence-electron chi connectivity index (χ1n) is 6.32. The van der Waals surface area contributed by atoms with E-state index in [-0.39, 0.29) is 5.54 Å². The van der Waals surface area contributed by atoms with Gasteiger partial charge in [-0.3, -0.25) is 0 Å². The summed E-state index contributed by atoms with van der Waals surface area (Å²) < 4.78 is 0. The van der Waals surface area contributed by atoms with Gasteiger partial charge in [0, 0.05) is 29.3 Å². The molecule has 0 saturated carbocycles. The fraction of sp³-hybridized carbons (Fsp3) is 0.571. The van der Waals surface area contributed by atoms with Crippen LogP contribution in [0.5, 0.6) is 0 Å². The van der Waals surface area contributed by atoms with E-state index in [1.807, 2.05) is 12.1 Å². The normalized spacial score (nSPS) is 20.8. The lowest BCUT2D eigenvalue weighted by Crippen LogP contribution is -2.46. The Kier molecular flexibility index (Phi) is 3.95. The summed E-state index contributed by atoms with van der Waals surface area (Å²) in [4.78, 5) is 2.46. The monoisotopic (exact) mass is 252 g/mol. The summed E-state index contributed by atoms with van der Waals surface area (Å²) in [6, 6.07) is 8.17. The topological polar surface area (TPSA) is 15.3 Å². The van der Waals surface area contributed by atoms with E-state index in [0.717, 1.165) is 31.1 Å². The molecule has 1 fully saturated rings. The van der Waals surface area contributed by atoms with Crippen LogP contribution in [-0.2, 0) is 0 Å². The minimum Gasteiger partial charge on any atom is -0.371 e. The lowest BCUT2D eigenvalue weighted by molar-refractivity contribution is 0.347. The molecule has 17 heavy (non-hydrogen) atoms. The van der Waals surface area contributed by atoms with Gasteiger partial charge in [-0.1, -0.05) is 11.6 Å². The first-order valence-corrected chi connectivity index (χ1v) is 6.70. The summed E-state index contributed by atoms with van der Waals surface area (Å²) in [5.41, 5.74) is 1.53. The number of hydrogen-bond acceptors (Lipinski definition) is 2. The van der Waals surface area contributed by atoms with Crippen molar-refractivity contribution in [2.45, 2.75) is 32.2 Å². The molecule has 1 aliphatic rings. The van der Waals surface area contributed by atoms with Crippen LogP contribution in [0.25, 0.3) is 0 Å². The maximum atomic E-state index is 5.93. The second-order valence-electron chi connectivity index (χ2n) is 5.38. The lowest BCUT2D eigenvalue weighted by atomic mass is 9.98. The van der Waals surface area contributed by atoms with Crippen LogP contribution in [0.1, 0.15) is 26.7 Å². The molecule has 0 aliphatic carbocycles. The Labute approximate surface area is 109 Å². The van der Waals surface area contributed by atoms with Crippen molar-refractivity contribution in [1.29, 1.82) is 0 Å². The molecule has 1 N–H and O–H groups in total. The van der Waals surface area contributed by atoms with Crippen LogP contribution < -0.4 is 10.2 Å². The van der Waals surface area contributed by atoms with E-state index < -0.39 is 0 Å². The van der Waals surface area contributed by atoms with Crippen LogP contribution in [0.15, 0.2) is 24.3 Å². The predicted octanol–water partition coefficient (Wildman–Crippen LogP) is 3.31. The Hall–Kier alpha value is -0.730. The molecule has 1 heterocycles. The fourth-order valence-corrected chi connectivity index (χ4v) is 2.35. The standard InChI is InChI=1S/C14H21ClN2/c1-14(2)8-11-17(10-3-9-16-14)13-6-4-12(15)5-7-13/h4-7,16H,3,8-11H2,1-2H3. The summed E-state index contributed by atoms with van der Waals surface area (Å²) in [6.45, 7) is 7.86. The molecule has 0 bridgehead atoms. The van der Waals surface area contributed by atoms with E-state index in [4.69, 9.17) is 11.6 Å². The average Bonchev–Trinajstić information content (AvgIpc) is 2.27. The summed E-state index contributed by atoms with van der Waals surface area (Å²) in [5.74, 6) is 0. The van der Waals surface area contributed by atoms with Gasteiger partial charge in [0.2, 0.25) is 0 Å². The second-order valence-corrected chi connectivity index (χ2v) is 5.81. The highest BCUT2D eigenvalue weighted by molar-refractivity contribution is 6.30. The van der Waals surface area contributed by atoms with Gasteiger partial charge in [-0.2, -0.15) is 0 Å². The van der Waals surface area contributed by atoms with Crippen molar-refractivity contribution < 1.29 is 0 Å². The number of benzene rings is 1. The van der Waals surface area contributed by atoms with Crippen LogP contribution in [0.3, 0.4) is 0 Å². The molecule has 1 aromatic carbocycles. The van der Waals surface area contributed by atoms with Gasteiger partial charge in [-0.15, -0.1) is 0 Å².